The zero-order valence-corrected chi connectivity index (χ0v) is 20.6. The molecule has 0 saturated heterocycles. The van der Waals surface area contributed by atoms with E-state index in [0.717, 1.165) is 22.3 Å². The van der Waals surface area contributed by atoms with Crippen LogP contribution in [0.25, 0.3) is 11.1 Å². The van der Waals surface area contributed by atoms with Crippen molar-refractivity contribution in [2.45, 2.75) is 50.6 Å². The Kier molecular flexibility index (Phi) is 8.61. The number of rotatable bonds is 11. The second-order valence-corrected chi connectivity index (χ2v) is 9.66. The van der Waals surface area contributed by atoms with Crippen molar-refractivity contribution < 1.29 is 24.2 Å². The summed E-state index contributed by atoms with van der Waals surface area (Å²) in [6.45, 7) is 3.63. The first-order chi connectivity index (χ1) is 16.3. The first-order valence-electron chi connectivity index (χ1n) is 11.5. The van der Waals surface area contributed by atoms with Gasteiger partial charge in [-0.05, 0) is 54.0 Å². The van der Waals surface area contributed by atoms with Crippen LogP contribution in [-0.2, 0) is 14.3 Å². The third kappa shape index (κ3) is 5.73. The number of benzene rings is 2. The topological polar surface area (TPSA) is 105 Å². The molecule has 0 aliphatic heterocycles. The van der Waals surface area contributed by atoms with Crippen LogP contribution in [0.2, 0.25) is 0 Å². The second-order valence-electron chi connectivity index (χ2n) is 8.68. The van der Waals surface area contributed by atoms with Crippen LogP contribution >= 0.6 is 11.8 Å². The molecule has 7 nitrogen and oxygen atoms in total. The highest BCUT2D eigenvalue weighted by molar-refractivity contribution is 7.98. The largest absolute Gasteiger partial charge is 0.480 e. The van der Waals surface area contributed by atoms with Gasteiger partial charge in [0, 0.05) is 5.92 Å². The van der Waals surface area contributed by atoms with E-state index in [1.54, 1.807) is 6.92 Å². The SMILES string of the molecule is CCCC(C)(NC(=O)OCC1c2ccccc2-c2ccccc21)C(=O)N[C@@H](CCSC)C(=O)O. The Morgan fingerprint density at radius 3 is 2.21 bits per heavy atom. The molecule has 0 radical (unpaired) electrons. The van der Waals surface area contributed by atoms with Crippen molar-refractivity contribution in [2.75, 3.05) is 18.6 Å². The van der Waals surface area contributed by atoms with E-state index >= 15 is 0 Å². The van der Waals surface area contributed by atoms with Crippen LogP contribution in [0.1, 0.15) is 50.2 Å². The minimum atomic E-state index is -1.29. The van der Waals surface area contributed by atoms with Gasteiger partial charge >= 0.3 is 12.1 Å². The van der Waals surface area contributed by atoms with Crippen molar-refractivity contribution in [1.82, 2.24) is 10.6 Å². The van der Waals surface area contributed by atoms with Gasteiger partial charge in [-0.2, -0.15) is 11.8 Å². The van der Waals surface area contributed by atoms with E-state index in [0.29, 0.717) is 25.0 Å². The highest BCUT2D eigenvalue weighted by Gasteiger charge is 2.37. The van der Waals surface area contributed by atoms with Crippen molar-refractivity contribution in [3.63, 3.8) is 0 Å². The number of amides is 2. The van der Waals surface area contributed by atoms with Gasteiger partial charge < -0.3 is 20.5 Å². The van der Waals surface area contributed by atoms with Crippen molar-refractivity contribution in [2.24, 2.45) is 0 Å². The number of carboxylic acids is 1. The summed E-state index contributed by atoms with van der Waals surface area (Å²) in [7, 11) is 0. The lowest BCUT2D eigenvalue weighted by Gasteiger charge is -2.30. The maximum absolute atomic E-state index is 13.0. The normalized spacial score (nSPS) is 14.9. The van der Waals surface area contributed by atoms with Gasteiger partial charge in [-0.1, -0.05) is 61.9 Å². The van der Waals surface area contributed by atoms with Gasteiger partial charge in [0.1, 0.15) is 18.2 Å². The maximum Gasteiger partial charge on any atom is 0.408 e. The standard InChI is InChI=1S/C26H32N2O5S/c1-4-14-26(2,24(31)27-22(23(29)30)13-15-34-3)28-25(32)33-16-21-19-11-7-5-9-17(19)18-10-6-8-12-20(18)21/h5-12,21-22H,4,13-16H2,1-3H3,(H,27,31)(H,28,32)(H,29,30)/t22-,26?/m0/s1. The Labute approximate surface area is 204 Å². The molecule has 0 saturated carbocycles. The van der Waals surface area contributed by atoms with Crippen molar-refractivity contribution in [1.29, 1.82) is 0 Å². The molecule has 0 bridgehead atoms. The first-order valence-corrected chi connectivity index (χ1v) is 12.9. The Balaban J connectivity index is 1.68. The summed E-state index contributed by atoms with van der Waals surface area (Å²) in [6, 6.07) is 15.1. The average Bonchev–Trinajstić information content (AvgIpc) is 3.14. The van der Waals surface area contributed by atoms with E-state index in [4.69, 9.17) is 4.74 Å². The molecule has 182 valence electrons. The molecule has 0 spiro atoms. The zero-order valence-electron chi connectivity index (χ0n) is 19.8. The summed E-state index contributed by atoms with van der Waals surface area (Å²) in [6.07, 6.45) is 2.44. The van der Waals surface area contributed by atoms with Crippen LogP contribution in [0.4, 0.5) is 4.79 Å². The molecule has 1 aliphatic rings. The van der Waals surface area contributed by atoms with Gasteiger partial charge in [-0.3, -0.25) is 4.79 Å². The fourth-order valence-electron chi connectivity index (χ4n) is 4.40. The fourth-order valence-corrected chi connectivity index (χ4v) is 4.87. The van der Waals surface area contributed by atoms with Gasteiger partial charge in [-0.25, -0.2) is 9.59 Å². The first kappa shape index (κ1) is 25.6. The van der Waals surface area contributed by atoms with Gasteiger partial charge in [0.15, 0.2) is 0 Å². The lowest BCUT2D eigenvalue weighted by atomic mass is 9.94. The van der Waals surface area contributed by atoms with E-state index in [1.807, 2.05) is 49.6 Å². The Bertz CT molecular complexity index is 998. The van der Waals surface area contributed by atoms with E-state index in [-0.39, 0.29) is 12.5 Å². The van der Waals surface area contributed by atoms with Crippen LogP contribution in [0.15, 0.2) is 48.5 Å². The minimum absolute atomic E-state index is 0.0904. The number of nitrogens with one attached hydrogen (secondary N) is 2. The quantitative estimate of drug-likeness (QED) is 0.437. The lowest BCUT2D eigenvalue weighted by Crippen LogP contribution is -2.59. The molecule has 2 atom stereocenters. The molecular formula is C26H32N2O5S. The number of thioether (sulfide) groups is 1. The third-order valence-electron chi connectivity index (χ3n) is 6.19. The number of fused-ring (bicyclic) bond motifs is 3. The van der Waals surface area contributed by atoms with Crippen LogP contribution in [0.5, 0.6) is 0 Å². The average molecular weight is 485 g/mol. The van der Waals surface area contributed by atoms with E-state index < -0.39 is 29.6 Å². The molecule has 2 aromatic carbocycles. The van der Waals surface area contributed by atoms with Gasteiger partial charge in [0.2, 0.25) is 5.91 Å². The molecule has 3 rings (SSSR count). The molecule has 2 aromatic rings. The third-order valence-corrected chi connectivity index (χ3v) is 6.83. The number of aliphatic carboxylic acids is 1. The van der Waals surface area contributed by atoms with Crippen LogP contribution in [0, 0.1) is 0 Å². The minimum Gasteiger partial charge on any atom is -0.480 e. The van der Waals surface area contributed by atoms with Crippen LogP contribution in [-0.4, -0.2) is 53.3 Å². The summed E-state index contributed by atoms with van der Waals surface area (Å²) in [5.41, 5.74) is 3.18. The molecule has 0 aromatic heterocycles. The molecule has 34 heavy (non-hydrogen) atoms. The Morgan fingerprint density at radius 1 is 1.09 bits per heavy atom. The lowest BCUT2D eigenvalue weighted by molar-refractivity contribution is -0.142. The monoisotopic (exact) mass is 484 g/mol. The maximum atomic E-state index is 13.0. The van der Waals surface area contributed by atoms with Crippen LogP contribution < -0.4 is 10.6 Å². The summed E-state index contributed by atoms with van der Waals surface area (Å²) in [4.78, 5) is 37.3. The number of carbonyl (C=O) groups excluding carboxylic acids is 2. The van der Waals surface area contributed by atoms with Crippen molar-refractivity contribution in [3.8, 4) is 11.1 Å². The van der Waals surface area contributed by atoms with Crippen molar-refractivity contribution >= 4 is 29.7 Å². The number of carbonyl (C=O) groups is 3. The zero-order chi connectivity index (χ0) is 24.7. The highest BCUT2D eigenvalue weighted by Crippen LogP contribution is 2.44. The highest BCUT2D eigenvalue weighted by atomic mass is 32.2. The number of alkyl carbamates (subject to hydrolysis) is 1. The number of hydrogen-bond donors (Lipinski definition) is 3. The van der Waals surface area contributed by atoms with Crippen molar-refractivity contribution in [3.05, 3.63) is 59.7 Å². The van der Waals surface area contributed by atoms with Gasteiger partial charge in [0.05, 0.1) is 0 Å². The summed E-state index contributed by atoms with van der Waals surface area (Å²) < 4.78 is 5.60. The smallest absolute Gasteiger partial charge is 0.408 e. The molecule has 1 aliphatic carbocycles. The van der Waals surface area contributed by atoms with E-state index in [9.17, 15) is 19.5 Å². The number of carboxylic acid groups (broad SMARTS) is 1. The van der Waals surface area contributed by atoms with Crippen LogP contribution in [0.3, 0.4) is 0 Å². The fraction of sp³-hybridized carbons (Fsp3) is 0.423. The second kappa shape index (κ2) is 11.4. The molecule has 2 amide bonds. The Hall–Kier alpha value is -3.00. The van der Waals surface area contributed by atoms with E-state index in [2.05, 4.69) is 22.8 Å². The molecule has 0 fully saturated rings. The Morgan fingerprint density at radius 2 is 1.68 bits per heavy atom. The van der Waals surface area contributed by atoms with Gasteiger partial charge in [0.25, 0.3) is 0 Å². The summed E-state index contributed by atoms with van der Waals surface area (Å²) in [5, 5.41) is 14.7. The molecule has 3 N–H and O–H groups in total. The molecule has 0 heterocycles. The molecular weight excluding hydrogens is 452 g/mol. The van der Waals surface area contributed by atoms with E-state index in [1.165, 1.54) is 11.8 Å². The van der Waals surface area contributed by atoms with Gasteiger partial charge in [-0.15, -0.1) is 0 Å². The predicted octanol–water partition coefficient (Wildman–Crippen LogP) is 4.41. The summed E-state index contributed by atoms with van der Waals surface area (Å²) in [5.74, 6) is -1.12. The number of hydrogen-bond acceptors (Lipinski definition) is 5. The molecule has 1 unspecified atom stereocenters. The molecule has 8 heteroatoms. The number of ether oxygens (including phenoxy) is 1. The summed E-state index contributed by atoms with van der Waals surface area (Å²) >= 11 is 1.51. The predicted molar refractivity (Wildman–Crippen MR) is 134 cm³/mol.